The third-order valence-electron chi connectivity index (χ3n) is 3.31. The number of benzene rings is 2. The summed E-state index contributed by atoms with van der Waals surface area (Å²) in [4.78, 5) is 12.1. The molecule has 0 radical (unpaired) electrons. The molecule has 5 nitrogen and oxygen atoms in total. The number of rotatable bonds is 6. The highest BCUT2D eigenvalue weighted by Gasteiger charge is 2.17. The molecule has 0 saturated heterocycles. The Kier molecular flexibility index (Phi) is 5.52. The van der Waals surface area contributed by atoms with Crippen molar-refractivity contribution in [3.05, 3.63) is 65.7 Å². The Morgan fingerprint density at radius 2 is 1.74 bits per heavy atom. The first-order chi connectivity index (χ1) is 10.9. The summed E-state index contributed by atoms with van der Waals surface area (Å²) in [5, 5.41) is 0. The topological polar surface area (TPSA) is 86.5 Å². The van der Waals surface area contributed by atoms with E-state index in [1.807, 2.05) is 30.3 Å². The Labute approximate surface area is 136 Å². The van der Waals surface area contributed by atoms with Crippen LogP contribution < -0.4 is 5.73 Å². The first-order valence-corrected chi connectivity index (χ1v) is 9.00. The smallest absolute Gasteiger partial charge is 0.323 e. The van der Waals surface area contributed by atoms with Gasteiger partial charge in [-0.15, -0.1) is 0 Å². The summed E-state index contributed by atoms with van der Waals surface area (Å²) >= 11 is 0. The van der Waals surface area contributed by atoms with Crippen molar-refractivity contribution in [2.75, 3.05) is 6.26 Å². The van der Waals surface area contributed by atoms with Gasteiger partial charge in [0, 0.05) is 6.26 Å². The van der Waals surface area contributed by atoms with Gasteiger partial charge in [-0.1, -0.05) is 42.5 Å². The van der Waals surface area contributed by atoms with Crippen LogP contribution in [0.4, 0.5) is 0 Å². The third kappa shape index (κ3) is 5.19. The van der Waals surface area contributed by atoms with E-state index in [1.54, 1.807) is 12.1 Å². The van der Waals surface area contributed by atoms with Gasteiger partial charge in [-0.2, -0.15) is 0 Å². The number of hydrogen-bond donors (Lipinski definition) is 1. The van der Waals surface area contributed by atoms with Crippen LogP contribution in [0.1, 0.15) is 11.1 Å². The second kappa shape index (κ2) is 7.39. The van der Waals surface area contributed by atoms with E-state index in [4.69, 9.17) is 10.5 Å². The molecule has 0 unspecified atom stereocenters. The summed E-state index contributed by atoms with van der Waals surface area (Å²) in [5.41, 5.74) is 7.41. The van der Waals surface area contributed by atoms with E-state index >= 15 is 0 Å². The van der Waals surface area contributed by atoms with Crippen molar-refractivity contribution in [1.29, 1.82) is 0 Å². The first kappa shape index (κ1) is 17.2. The molecule has 2 aromatic carbocycles. The molecule has 2 rings (SSSR count). The van der Waals surface area contributed by atoms with E-state index in [2.05, 4.69) is 0 Å². The van der Waals surface area contributed by atoms with Crippen LogP contribution in [0.3, 0.4) is 0 Å². The summed E-state index contributed by atoms with van der Waals surface area (Å²) in [6.45, 7) is 0.163. The second-order valence-electron chi connectivity index (χ2n) is 5.32. The molecule has 2 aromatic rings. The number of esters is 1. The molecule has 0 spiro atoms. The molecule has 6 heteroatoms. The summed E-state index contributed by atoms with van der Waals surface area (Å²) in [6, 6.07) is 14.9. The van der Waals surface area contributed by atoms with Crippen LogP contribution in [0.5, 0.6) is 0 Å². The van der Waals surface area contributed by atoms with Crippen molar-refractivity contribution < 1.29 is 17.9 Å². The number of sulfone groups is 1. The SMILES string of the molecule is CS(=O)(=O)c1cccc(C[C@@H](N)C(=O)OCc2ccccc2)c1. The Morgan fingerprint density at radius 3 is 2.39 bits per heavy atom. The number of hydrogen-bond acceptors (Lipinski definition) is 5. The predicted octanol–water partition coefficient (Wildman–Crippen LogP) is 1.70. The number of carbonyl (C=O) groups excluding carboxylic acids is 1. The van der Waals surface area contributed by atoms with Crippen LogP contribution in [0, 0.1) is 0 Å². The van der Waals surface area contributed by atoms with Crippen LogP contribution >= 0.6 is 0 Å². The van der Waals surface area contributed by atoms with Crippen LogP contribution in [0.25, 0.3) is 0 Å². The monoisotopic (exact) mass is 333 g/mol. The molecule has 0 fully saturated rings. The largest absolute Gasteiger partial charge is 0.460 e. The molecule has 0 heterocycles. The number of nitrogens with two attached hydrogens (primary N) is 1. The van der Waals surface area contributed by atoms with Crippen LogP contribution in [0.2, 0.25) is 0 Å². The molecular formula is C17H19NO4S. The van der Waals surface area contributed by atoms with E-state index in [9.17, 15) is 13.2 Å². The minimum absolute atomic E-state index is 0.163. The van der Waals surface area contributed by atoms with Gasteiger partial charge in [-0.25, -0.2) is 8.42 Å². The Balaban J connectivity index is 1.96. The maximum atomic E-state index is 11.9. The molecule has 1 atom stereocenters. The lowest BCUT2D eigenvalue weighted by molar-refractivity contribution is -0.146. The zero-order chi connectivity index (χ0) is 16.9. The molecule has 0 aliphatic carbocycles. The molecule has 122 valence electrons. The lowest BCUT2D eigenvalue weighted by Gasteiger charge is -2.12. The maximum absolute atomic E-state index is 11.9. The van der Waals surface area contributed by atoms with E-state index in [1.165, 1.54) is 12.1 Å². The summed E-state index contributed by atoms with van der Waals surface area (Å²) in [5.74, 6) is -0.515. The lowest BCUT2D eigenvalue weighted by Crippen LogP contribution is -2.34. The third-order valence-corrected chi connectivity index (χ3v) is 4.42. The highest BCUT2D eigenvalue weighted by molar-refractivity contribution is 7.90. The normalized spacial score (nSPS) is 12.6. The van der Waals surface area contributed by atoms with Gasteiger partial charge in [0.15, 0.2) is 9.84 Å². The fraction of sp³-hybridized carbons (Fsp3) is 0.235. The molecule has 0 aliphatic rings. The lowest BCUT2D eigenvalue weighted by atomic mass is 10.1. The molecule has 0 saturated carbocycles. The van der Waals surface area contributed by atoms with E-state index in [0.717, 1.165) is 11.8 Å². The van der Waals surface area contributed by atoms with Crippen molar-refractivity contribution in [3.8, 4) is 0 Å². The van der Waals surface area contributed by atoms with Gasteiger partial charge in [0.05, 0.1) is 4.90 Å². The van der Waals surface area contributed by atoms with Crippen molar-refractivity contribution in [1.82, 2.24) is 0 Å². The molecule has 0 bridgehead atoms. The zero-order valence-electron chi connectivity index (χ0n) is 12.8. The molecule has 2 N–H and O–H groups in total. The van der Waals surface area contributed by atoms with Gasteiger partial charge >= 0.3 is 5.97 Å². The van der Waals surface area contributed by atoms with Gasteiger partial charge in [0.25, 0.3) is 0 Å². The van der Waals surface area contributed by atoms with Crippen LogP contribution in [-0.2, 0) is 32.4 Å². The van der Waals surface area contributed by atoms with Crippen LogP contribution in [-0.4, -0.2) is 26.7 Å². The van der Waals surface area contributed by atoms with E-state index < -0.39 is 21.8 Å². The van der Waals surface area contributed by atoms with Crippen LogP contribution in [0.15, 0.2) is 59.5 Å². The summed E-state index contributed by atoms with van der Waals surface area (Å²) < 4.78 is 28.3. The first-order valence-electron chi connectivity index (χ1n) is 7.11. The van der Waals surface area contributed by atoms with Gasteiger partial charge in [-0.3, -0.25) is 4.79 Å². The Bertz CT molecular complexity index is 772. The van der Waals surface area contributed by atoms with E-state index in [0.29, 0.717) is 5.56 Å². The fourth-order valence-electron chi connectivity index (χ4n) is 2.08. The predicted molar refractivity (Wildman–Crippen MR) is 87.5 cm³/mol. The number of carbonyl (C=O) groups is 1. The Hall–Kier alpha value is -2.18. The molecular weight excluding hydrogens is 314 g/mol. The van der Waals surface area contributed by atoms with E-state index in [-0.39, 0.29) is 17.9 Å². The highest BCUT2D eigenvalue weighted by Crippen LogP contribution is 2.13. The van der Waals surface area contributed by atoms with Crippen molar-refractivity contribution in [2.24, 2.45) is 5.73 Å². The van der Waals surface area contributed by atoms with Gasteiger partial charge in [-0.05, 0) is 29.7 Å². The summed E-state index contributed by atoms with van der Waals surface area (Å²) in [6.07, 6.45) is 1.36. The standard InChI is InChI=1S/C17H19NO4S/c1-23(20,21)15-9-5-8-14(10-15)11-16(18)17(19)22-12-13-6-3-2-4-7-13/h2-10,16H,11-12,18H2,1H3/t16-/m1/s1. The minimum Gasteiger partial charge on any atom is -0.460 e. The quantitative estimate of drug-likeness (QED) is 0.813. The minimum atomic E-state index is -3.28. The zero-order valence-corrected chi connectivity index (χ0v) is 13.6. The average molecular weight is 333 g/mol. The average Bonchev–Trinajstić information content (AvgIpc) is 2.53. The van der Waals surface area contributed by atoms with Gasteiger partial charge in [0.1, 0.15) is 12.6 Å². The molecule has 0 aromatic heterocycles. The molecule has 23 heavy (non-hydrogen) atoms. The Morgan fingerprint density at radius 1 is 1.09 bits per heavy atom. The fourth-order valence-corrected chi connectivity index (χ4v) is 2.77. The number of ether oxygens (including phenoxy) is 1. The second-order valence-corrected chi connectivity index (χ2v) is 7.34. The maximum Gasteiger partial charge on any atom is 0.323 e. The molecule has 0 aliphatic heterocycles. The summed E-state index contributed by atoms with van der Waals surface area (Å²) in [7, 11) is -3.28. The highest BCUT2D eigenvalue weighted by atomic mass is 32.2. The van der Waals surface area contributed by atoms with Gasteiger partial charge < -0.3 is 10.5 Å². The van der Waals surface area contributed by atoms with Crippen molar-refractivity contribution >= 4 is 15.8 Å². The van der Waals surface area contributed by atoms with Crippen molar-refractivity contribution in [3.63, 3.8) is 0 Å². The van der Waals surface area contributed by atoms with Gasteiger partial charge in [0.2, 0.25) is 0 Å². The van der Waals surface area contributed by atoms with Crippen molar-refractivity contribution in [2.45, 2.75) is 24.0 Å². The molecule has 0 amide bonds.